The van der Waals surface area contributed by atoms with E-state index in [2.05, 4.69) is 24.5 Å². The van der Waals surface area contributed by atoms with Gasteiger partial charge in [-0.15, -0.1) is 0 Å². The normalized spacial score (nSPS) is 10.6. The lowest BCUT2D eigenvalue weighted by Crippen LogP contribution is -2.09. The summed E-state index contributed by atoms with van der Waals surface area (Å²) < 4.78 is 2.05. The van der Waals surface area contributed by atoms with Crippen molar-refractivity contribution in [3.8, 4) is 0 Å². The number of rotatable bonds is 3. The second-order valence-corrected chi connectivity index (χ2v) is 3.57. The number of imidazole rings is 1. The number of hydrogen-bond donors (Lipinski definition) is 1. The molecule has 0 atom stereocenters. The van der Waals surface area contributed by atoms with Crippen LogP contribution in [0.1, 0.15) is 17.5 Å². The van der Waals surface area contributed by atoms with E-state index in [1.54, 1.807) is 6.20 Å². The number of hydrogen-bond acceptors (Lipinski definition) is 5. The second-order valence-electron chi connectivity index (χ2n) is 3.57. The lowest BCUT2D eigenvalue weighted by Gasteiger charge is -2.04. The van der Waals surface area contributed by atoms with Crippen LogP contribution in [0.25, 0.3) is 0 Å². The Morgan fingerprint density at radius 1 is 1.25 bits per heavy atom. The summed E-state index contributed by atoms with van der Waals surface area (Å²) in [6.45, 7) is 4.58. The van der Waals surface area contributed by atoms with Crippen molar-refractivity contribution in [2.75, 3.05) is 5.73 Å². The minimum absolute atomic E-state index is 0.282. The molecule has 0 fully saturated rings. The van der Waals surface area contributed by atoms with Gasteiger partial charge < -0.3 is 10.3 Å². The minimum Gasteiger partial charge on any atom is -0.368 e. The van der Waals surface area contributed by atoms with Gasteiger partial charge in [0.15, 0.2) is 0 Å². The Morgan fingerprint density at radius 3 is 2.69 bits per heavy atom. The molecule has 6 heteroatoms. The van der Waals surface area contributed by atoms with Crippen LogP contribution in [-0.4, -0.2) is 24.5 Å². The molecule has 2 aromatic rings. The molecule has 0 aromatic carbocycles. The smallest absolute Gasteiger partial charge is 0.223 e. The molecule has 0 saturated heterocycles. The van der Waals surface area contributed by atoms with Crippen LogP contribution in [0, 0.1) is 13.8 Å². The van der Waals surface area contributed by atoms with Gasteiger partial charge in [0.1, 0.15) is 17.5 Å². The van der Waals surface area contributed by atoms with Crippen LogP contribution >= 0.6 is 0 Å². The van der Waals surface area contributed by atoms with Gasteiger partial charge in [0.05, 0.1) is 0 Å². The molecule has 0 aliphatic heterocycles. The minimum atomic E-state index is 0.282. The number of nitrogen functional groups attached to an aromatic ring is 1. The molecule has 2 N–H and O–H groups in total. The van der Waals surface area contributed by atoms with Crippen LogP contribution in [-0.2, 0) is 13.0 Å². The Balaban J connectivity index is 2.07. The zero-order chi connectivity index (χ0) is 11.5. The molecular formula is C10H14N6. The average Bonchev–Trinajstić information content (AvgIpc) is 2.59. The summed E-state index contributed by atoms with van der Waals surface area (Å²) in [5, 5.41) is 0. The molecular weight excluding hydrogens is 204 g/mol. The van der Waals surface area contributed by atoms with E-state index in [4.69, 9.17) is 5.73 Å². The molecule has 0 aliphatic rings. The highest BCUT2D eigenvalue weighted by atomic mass is 15.1. The molecule has 0 unspecified atom stereocenters. The maximum Gasteiger partial charge on any atom is 0.223 e. The van der Waals surface area contributed by atoms with E-state index in [1.165, 1.54) is 0 Å². The van der Waals surface area contributed by atoms with Gasteiger partial charge in [-0.05, 0) is 13.8 Å². The van der Waals surface area contributed by atoms with Crippen molar-refractivity contribution in [2.45, 2.75) is 26.8 Å². The number of aromatic nitrogens is 5. The summed E-state index contributed by atoms with van der Waals surface area (Å²) >= 11 is 0. The Labute approximate surface area is 93.6 Å². The first-order chi connectivity index (χ1) is 7.65. The third-order valence-corrected chi connectivity index (χ3v) is 2.31. The van der Waals surface area contributed by atoms with Crippen molar-refractivity contribution >= 4 is 5.95 Å². The van der Waals surface area contributed by atoms with Crippen LogP contribution in [0.5, 0.6) is 0 Å². The molecule has 0 spiro atoms. The third-order valence-electron chi connectivity index (χ3n) is 2.31. The second kappa shape index (κ2) is 4.26. The molecule has 0 saturated carbocycles. The fourth-order valence-electron chi connectivity index (χ4n) is 1.53. The van der Waals surface area contributed by atoms with Crippen LogP contribution < -0.4 is 5.73 Å². The fourth-order valence-corrected chi connectivity index (χ4v) is 1.53. The monoisotopic (exact) mass is 218 g/mol. The summed E-state index contributed by atoms with van der Waals surface area (Å²) in [7, 11) is 0. The van der Waals surface area contributed by atoms with Gasteiger partial charge in [0, 0.05) is 25.4 Å². The summed E-state index contributed by atoms with van der Waals surface area (Å²) in [5.74, 6) is 2.64. The Hall–Kier alpha value is -1.98. The summed E-state index contributed by atoms with van der Waals surface area (Å²) in [6, 6.07) is 0. The van der Waals surface area contributed by atoms with E-state index < -0.39 is 0 Å². The summed E-state index contributed by atoms with van der Waals surface area (Å²) in [6.07, 6.45) is 4.44. The lowest BCUT2D eigenvalue weighted by atomic mass is 10.4. The molecule has 84 valence electrons. The Morgan fingerprint density at radius 2 is 2.06 bits per heavy atom. The average molecular weight is 218 g/mol. The molecule has 6 nitrogen and oxygen atoms in total. The van der Waals surface area contributed by atoms with Crippen LogP contribution in [0.15, 0.2) is 12.4 Å². The Bertz CT molecular complexity index is 470. The zero-order valence-electron chi connectivity index (χ0n) is 9.38. The number of aryl methyl sites for hydroxylation is 4. The number of nitrogens with zero attached hydrogens (tertiary/aromatic N) is 5. The molecule has 0 radical (unpaired) electrons. The van der Waals surface area contributed by atoms with E-state index in [0.29, 0.717) is 5.82 Å². The molecule has 0 bridgehead atoms. The van der Waals surface area contributed by atoms with Crippen molar-refractivity contribution in [1.82, 2.24) is 24.5 Å². The van der Waals surface area contributed by atoms with Crippen molar-refractivity contribution in [1.29, 1.82) is 0 Å². The molecule has 2 aromatic heterocycles. The quantitative estimate of drug-likeness (QED) is 0.811. The molecule has 2 rings (SSSR count). The molecule has 0 amide bonds. The van der Waals surface area contributed by atoms with Crippen molar-refractivity contribution in [3.63, 3.8) is 0 Å². The van der Waals surface area contributed by atoms with E-state index in [9.17, 15) is 0 Å². The SMILES string of the molecule is Cc1nc(N)nc(CCn2ccnc2C)n1. The maximum absolute atomic E-state index is 5.56. The summed E-state index contributed by atoms with van der Waals surface area (Å²) in [4.78, 5) is 16.4. The highest BCUT2D eigenvalue weighted by Crippen LogP contribution is 2.01. The Kier molecular flexibility index (Phi) is 2.80. The first kappa shape index (κ1) is 10.5. The van der Waals surface area contributed by atoms with Crippen LogP contribution in [0.4, 0.5) is 5.95 Å². The molecule has 0 aliphatic carbocycles. The predicted octanol–water partition coefficient (Wildman–Crippen LogP) is 0.510. The van der Waals surface area contributed by atoms with E-state index in [0.717, 1.165) is 24.6 Å². The molecule has 2 heterocycles. The largest absolute Gasteiger partial charge is 0.368 e. The topological polar surface area (TPSA) is 82.5 Å². The molecule has 16 heavy (non-hydrogen) atoms. The van der Waals surface area contributed by atoms with Crippen molar-refractivity contribution in [2.24, 2.45) is 0 Å². The van der Waals surface area contributed by atoms with Crippen LogP contribution in [0.3, 0.4) is 0 Å². The lowest BCUT2D eigenvalue weighted by molar-refractivity contribution is 0.648. The van der Waals surface area contributed by atoms with Gasteiger partial charge in [0.25, 0.3) is 0 Å². The fraction of sp³-hybridized carbons (Fsp3) is 0.400. The van der Waals surface area contributed by atoms with Gasteiger partial charge in [-0.2, -0.15) is 9.97 Å². The van der Waals surface area contributed by atoms with Crippen molar-refractivity contribution < 1.29 is 0 Å². The first-order valence-electron chi connectivity index (χ1n) is 5.10. The predicted molar refractivity (Wildman–Crippen MR) is 59.6 cm³/mol. The van der Waals surface area contributed by atoms with Gasteiger partial charge in [-0.1, -0.05) is 0 Å². The van der Waals surface area contributed by atoms with Crippen molar-refractivity contribution in [3.05, 3.63) is 29.9 Å². The van der Waals surface area contributed by atoms with Gasteiger partial charge in [-0.25, -0.2) is 9.97 Å². The number of anilines is 1. The zero-order valence-corrected chi connectivity index (χ0v) is 9.38. The standard InChI is InChI=1S/C10H14N6/c1-7-13-9(15-10(11)14-7)3-5-16-6-4-12-8(16)2/h4,6H,3,5H2,1-2H3,(H2,11,13,14,15). The van der Waals surface area contributed by atoms with Gasteiger partial charge in [0.2, 0.25) is 5.95 Å². The van der Waals surface area contributed by atoms with Gasteiger partial charge >= 0.3 is 0 Å². The highest BCUT2D eigenvalue weighted by Gasteiger charge is 2.03. The first-order valence-corrected chi connectivity index (χ1v) is 5.10. The third kappa shape index (κ3) is 2.33. The van der Waals surface area contributed by atoms with Gasteiger partial charge in [-0.3, -0.25) is 0 Å². The summed E-state index contributed by atoms with van der Waals surface area (Å²) in [5.41, 5.74) is 5.56. The van der Waals surface area contributed by atoms with E-state index in [-0.39, 0.29) is 5.95 Å². The number of nitrogens with two attached hydrogens (primary N) is 1. The van der Waals surface area contributed by atoms with E-state index in [1.807, 2.05) is 20.0 Å². The maximum atomic E-state index is 5.56. The van der Waals surface area contributed by atoms with E-state index >= 15 is 0 Å². The van der Waals surface area contributed by atoms with Crippen LogP contribution in [0.2, 0.25) is 0 Å². The highest BCUT2D eigenvalue weighted by molar-refractivity contribution is 5.15.